The average Bonchev–Trinajstić information content (AvgIpc) is 2.94. The summed E-state index contributed by atoms with van der Waals surface area (Å²) in [5, 5.41) is 5.89. The van der Waals surface area contributed by atoms with Crippen molar-refractivity contribution in [1.82, 2.24) is 20.0 Å². The smallest absolute Gasteiger partial charge is 0.319 e. The third kappa shape index (κ3) is 6.82. The van der Waals surface area contributed by atoms with Gasteiger partial charge in [0.15, 0.2) is 0 Å². The minimum atomic E-state index is -0.149. The van der Waals surface area contributed by atoms with E-state index in [4.69, 9.17) is 4.74 Å². The Morgan fingerprint density at radius 1 is 0.968 bits per heavy atom. The van der Waals surface area contributed by atoms with Crippen molar-refractivity contribution in [2.75, 3.05) is 64.7 Å². The fourth-order valence-electron chi connectivity index (χ4n) is 4.75. The van der Waals surface area contributed by atoms with E-state index in [1.807, 2.05) is 24.3 Å². The number of benzene rings is 1. The molecule has 2 saturated heterocycles. The second kappa shape index (κ2) is 11.2. The van der Waals surface area contributed by atoms with E-state index in [9.17, 15) is 4.79 Å². The third-order valence-electron chi connectivity index (χ3n) is 7.01. The number of hydrogen-bond donors (Lipinski definition) is 2. The van der Waals surface area contributed by atoms with Crippen LogP contribution in [-0.2, 0) is 0 Å². The molecule has 0 radical (unpaired) electrons. The number of likely N-dealkylation sites (N-methyl/N-ethyl adjacent to an activating group) is 1. The molecule has 172 valence electrons. The van der Waals surface area contributed by atoms with Crippen LogP contribution in [-0.4, -0.2) is 92.3 Å². The van der Waals surface area contributed by atoms with Gasteiger partial charge in [0.25, 0.3) is 0 Å². The number of likely N-dealkylation sites (tertiary alicyclic amines) is 1. The third-order valence-corrected chi connectivity index (χ3v) is 7.01. The number of amides is 2. The van der Waals surface area contributed by atoms with E-state index < -0.39 is 0 Å². The Kier molecular flexibility index (Phi) is 8.05. The molecule has 1 saturated carbocycles. The molecule has 1 aliphatic carbocycles. The van der Waals surface area contributed by atoms with Crippen LogP contribution in [0.2, 0.25) is 0 Å². The molecule has 2 aliphatic heterocycles. The minimum absolute atomic E-state index is 0.149. The summed E-state index contributed by atoms with van der Waals surface area (Å²) in [5.41, 5.74) is 0.793. The zero-order valence-corrected chi connectivity index (χ0v) is 19.0. The molecular formula is C24H39N5O2. The Bertz CT molecular complexity index is 686. The van der Waals surface area contributed by atoms with E-state index in [-0.39, 0.29) is 6.03 Å². The summed E-state index contributed by atoms with van der Waals surface area (Å²) in [4.78, 5) is 19.6. The first-order chi connectivity index (χ1) is 15.2. The molecule has 0 unspecified atom stereocenters. The molecule has 31 heavy (non-hydrogen) atoms. The van der Waals surface area contributed by atoms with Crippen LogP contribution in [0.5, 0.6) is 5.75 Å². The summed E-state index contributed by atoms with van der Waals surface area (Å²) in [6.45, 7) is 8.30. The van der Waals surface area contributed by atoms with E-state index >= 15 is 0 Å². The van der Waals surface area contributed by atoms with Gasteiger partial charge in [0.2, 0.25) is 0 Å². The molecule has 0 bridgehead atoms. The predicted octanol–water partition coefficient (Wildman–Crippen LogP) is 2.84. The summed E-state index contributed by atoms with van der Waals surface area (Å²) < 4.78 is 6.18. The number of rotatable bonds is 7. The number of piperidine rings is 1. The van der Waals surface area contributed by atoms with Crippen LogP contribution in [0.4, 0.5) is 10.5 Å². The van der Waals surface area contributed by atoms with E-state index in [2.05, 4.69) is 32.4 Å². The normalized spacial score (nSPS) is 22.5. The highest BCUT2D eigenvalue weighted by Gasteiger charge is 2.29. The van der Waals surface area contributed by atoms with Crippen molar-refractivity contribution in [2.24, 2.45) is 0 Å². The molecule has 0 aromatic heterocycles. The summed E-state index contributed by atoms with van der Waals surface area (Å²) in [5.74, 6) is 0.888. The lowest BCUT2D eigenvalue weighted by atomic mass is 9.90. The number of urea groups is 1. The Balaban J connectivity index is 1.13. The molecule has 1 aromatic carbocycles. The molecule has 7 heteroatoms. The van der Waals surface area contributed by atoms with Crippen molar-refractivity contribution < 1.29 is 9.53 Å². The molecule has 2 N–H and O–H groups in total. The summed E-state index contributed by atoms with van der Waals surface area (Å²) in [6, 6.07) is 8.45. The number of carbonyl (C=O) groups excluding carboxylic acids is 1. The lowest BCUT2D eigenvalue weighted by molar-refractivity contribution is 0.0493. The molecular weight excluding hydrogens is 390 g/mol. The van der Waals surface area contributed by atoms with Gasteiger partial charge in [0, 0.05) is 51.0 Å². The summed E-state index contributed by atoms with van der Waals surface area (Å²) >= 11 is 0. The fraction of sp³-hybridized carbons (Fsp3) is 0.708. The minimum Gasteiger partial charge on any atom is -0.490 e. The first-order valence-corrected chi connectivity index (χ1v) is 12.1. The Morgan fingerprint density at radius 3 is 2.45 bits per heavy atom. The molecule has 3 fully saturated rings. The predicted molar refractivity (Wildman–Crippen MR) is 125 cm³/mol. The molecule has 7 nitrogen and oxygen atoms in total. The van der Waals surface area contributed by atoms with Gasteiger partial charge in [-0.25, -0.2) is 4.79 Å². The number of nitrogens with one attached hydrogen (secondary N) is 2. The molecule has 0 spiro atoms. The van der Waals surface area contributed by atoms with Gasteiger partial charge in [-0.1, -0.05) is 6.42 Å². The van der Waals surface area contributed by atoms with Crippen LogP contribution in [0, 0.1) is 0 Å². The number of hydrogen-bond acceptors (Lipinski definition) is 5. The summed E-state index contributed by atoms with van der Waals surface area (Å²) in [6.07, 6.45) is 7.86. The molecule has 1 aromatic rings. The number of carbonyl (C=O) groups is 1. The van der Waals surface area contributed by atoms with E-state index in [1.165, 1.54) is 25.7 Å². The highest BCUT2D eigenvalue weighted by Crippen LogP contribution is 2.28. The monoisotopic (exact) mass is 429 g/mol. The molecule has 4 rings (SSSR count). The Labute approximate surface area is 187 Å². The van der Waals surface area contributed by atoms with Crippen molar-refractivity contribution >= 4 is 11.7 Å². The number of ether oxygens (including phenoxy) is 1. The van der Waals surface area contributed by atoms with Gasteiger partial charge in [-0.2, -0.15) is 0 Å². The van der Waals surface area contributed by atoms with Gasteiger partial charge in [0.05, 0.1) is 0 Å². The Hall–Kier alpha value is -1.83. The first kappa shape index (κ1) is 22.4. The topological polar surface area (TPSA) is 60.1 Å². The fourth-order valence-corrected chi connectivity index (χ4v) is 4.75. The number of nitrogens with zero attached hydrogens (tertiary/aromatic N) is 3. The van der Waals surface area contributed by atoms with E-state index in [0.29, 0.717) is 12.6 Å². The van der Waals surface area contributed by atoms with Gasteiger partial charge in [0.1, 0.15) is 11.9 Å². The molecule has 3 aliphatic rings. The average molecular weight is 430 g/mol. The molecule has 2 heterocycles. The van der Waals surface area contributed by atoms with Crippen molar-refractivity contribution in [1.29, 1.82) is 0 Å². The van der Waals surface area contributed by atoms with Gasteiger partial charge < -0.3 is 30.1 Å². The lowest BCUT2D eigenvalue weighted by Crippen LogP contribution is -2.46. The van der Waals surface area contributed by atoms with Crippen LogP contribution in [0.15, 0.2) is 24.3 Å². The quantitative estimate of drug-likeness (QED) is 0.698. The number of anilines is 1. The van der Waals surface area contributed by atoms with Crippen LogP contribution < -0.4 is 15.4 Å². The maximum atomic E-state index is 12.2. The summed E-state index contributed by atoms with van der Waals surface area (Å²) in [7, 11) is 2.17. The largest absolute Gasteiger partial charge is 0.490 e. The van der Waals surface area contributed by atoms with Crippen molar-refractivity contribution in [2.45, 2.75) is 50.7 Å². The Morgan fingerprint density at radius 2 is 1.74 bits per heavy atom. The highest BCUT2D eigenvalue weighted by molar-refractivity contribution is 5.89. The zero-order valence-electron chi connectivity index (χ0n) is 19.0. The SMILES string of the molecule is CN1CCCN(CCNC(=O)Nc2ccc(OC3CCN(C4CCC4)CC3)cc2)CC1. The second-order valence-electron chi connectivity index (χ2n) is 9.34. The zero-order chi connectivity index (χ0) is 21.5. The highest BCUT2D eigenvalue weighted by atomic mass is 16.5. The second-order valence-corrected chi connectivity index (χ2v) is 9.34. The maximum Gasteiger partial charge on any atom is 0.319 e. The van der Waals surface area contributed by atoms with Crippen molar-refractivity contribution in [3.63, 3.8) is 0 Å². The van der Waals surface area contributed by atoms with Gasteiger partial charge in [-0.15, -0.1) is 0 Å². The van der Waals surface area contributed by atoms with Crippen LogP contribution in [0.3, 0.4) is 0 Å². The van der Waals surface area contributed by atoms with Gasteiger partial charge >= 0.3 is 6.03 Å². The van der Waals surface area contributed by atoms with Gasteiger partial charge in [-0.3, -0.25) is 0 Å². The van der Waals surface area contributed by atoms with E-state index in [0.717, 1.165) is 76.1 Å². The van der Waals surface area contributed by atoms with E-state index in [1.54, 1.807) is 0 Å². The van der Waals surface area contributed by atoms with Crippen molar-refractivity contribution in [3.05, 3.63) is 24.3 Å². The first-order valence-electron chi connectivity index (χ1n) is 12.1. The molecule has 0 atom stereocenters. The van der Waals surface area contributed by atoms with Crippen molar-refractivity contribution in [3.8, 4) is 5.75 Å². The van der Waals surface area contributed by atoms with Crippen LogP contribution in [0.25, 0.3) is 0 Å². The van der Waals surface area contributed by atoms with Crippen LogP contribution >= 0.6 is 0 Å². The maximum absolute atomic E-state index is 12.2. The van der Waals surface area contributed by atoms with Crippen LogP contribution in [0.1, 0.15) is 38.5 Å². The lowest BCUT2D eigenvalue weighted by Gasteiger charge is -2.41. The van der Waals surface area contributed by atoms with Gasteiger partial charge in [-0.05, 0) is 76.5 Å². The molecule has 2 amide bonds. The standard InChI is InChI=1S/C24H39N5O2/c1-27-13-3-14-28(19-18-27)17-12-25-24(30)26-20-6-8-22(9-7-20)31-23-10-15-29(16-11-23)21-4-2-5-21/h6-9,21,23H,2-5,10-19H2,1H3,(H2,25,26,30).